The highest BCUT2D eigenvalue weighted by molar-refractivity contribution is 7.14. The number of carbonyl (C=O) groups is 2. The van der Waals surface area contributed by atoms with E-state index in [1.54, 1.807) is 16.7 Å². The lowest BCUT2D eigenvalue weighted by molar-refractivity contribution is -0.141. The molecule has 0 spiro atoms. The molecule has 0 saturated heterocycles. The van der Waals surface area contributed by atoms with Crippen molar-refractivity contribution in [1.29, 1.82) is 0 Å². The molecule has 0 saturated carbocycles. The summed E-state index contributed by atoms with van der Waals surface area (Å²) in [6.45, 7) is 0.518. The van der Waals surface area contributed by atoms with E-state index in [0.717, 1.165) is 10.6 Å². The summed E-state index contributed by atoms with van der Waals surface area (Å²) in [5.41, 5.74) is 1.32. The van der Waals surface area contributed by atoms with E-state index >= 15 is 0 Å². The third-order valence-electron chi connectivity index (χ3n) is 2.89. The molecule has 0 aliphatic heterocycles. The fraction of sp³-hybridized carbons (Fsp3) is 0.357. The standard InChI is InChI=1S/C14H16N2O4S2/c1-19-5-4-16(7-12(17)20-2)14(18)11-9-22-13(15-11)10-3-6-21-8-10/h3,6,8-9H,4-5,7H2,1-2H3. The van der Waals surface area contributed by atoms with Gasteiger partial charge in [-0.2, -0.15) is 11.3 Å². The van der Waals surface area contributed by atoms with E-state index in [4.69, 9.17) is 4.74 Å². The lowest BCUT2D eigenvalue weighted by Crippen LogP contribution is -2.38. The molecular weight excluding hydrogens is 324 g/mol. The fourth-order valence-electron chi connectivity index (χ4n) is 1.73. The third-order valence-corrected chi connectivity index (χ3v) is 4.47. The third kappa shape index (κ3) is 4.12. The van der Waals surface area contributed by atoms with Crippen LogP contribution in [-0.4, -0.2) is 55.7 Å². The largest absolute Gasteiger partial charge is 0.468 e. The maximum Gasteiger partial charge on any atom is 0.325 e. The number of aromatic nitrogens is 1. The second kappa shape index (κ2) is 8.02. The van der Waals surface area contributed by atoms with Gasteiger partial charge in [0.05, 0.1) is 13.7 Å². The summed E-state index contributed by atoms with van der Waals surface area (Å²) in [5.74, 6) is -0.780. The Kier molecular flexibility index (Phi) is 6.05. The first-order valence-corrected chi connectivity index (χ1v) is 8.31. The molecule has 2 heterocycles. The van der Waals surface area contributed by atoms with Crippen LogP contribution < -0.4 is 0 Å². The Morgan fingerprint density at radius 2 is 2.14 bits per heavy atom. The van der Waals surface area contributed by atoms with Gasteiger partial charge in [0.15, 0.2) is 0 Å². The predicted molar refractivity (Wildman–Crippen MR) is 85.2 cm³/mol. The molecule has 0 atom stereocenters. The van der Waals surface area contributed by atoms with Crippen molar-refractivity contribution in [3.8, 4) is 10.6 Å². The van der Waals surface area contributed by atoms with Gasteiger partial charge in [0.2, 0.25) is 0 Å². The van der Waals surface area contributed by atoms with Crippen LogP contribution in [0.25, 0.3) is 10.6 Å². The van der Waals surface area contributed by atoms with Crippen LogP contribution in [0, 0.1) is 0 Å². The number of thiazole rings is 1. The van der Waals surface area contributed by atoms with Crippen LogP contribution in [0.15, 0.2) is 22.2 Å². The van der Waals surface area contributed by atoms with Gasteiger partial charge < -0.3 is 14.4 Å². The summed E-state index contributed by atoms with van der Waals surface area (Å²) in [4.78, 5) is 29.7. The van der Waals surface area contributed by atoms with Crippen molar-refractivity contribution < 1.29 is 19.1 Å². The molecule has 0 aliphatic rings. The number of amides is 1. The molecule has 1 amide bonds. The average molecular weight is 340 g/mol. The van der Waals surface area contributed by atoms with E-state index in [2.05, 4.69) is 9.72 Å². The molecule has 0 unspecified atom stereocenters. The number of esters is 1. The highest BCUT2D eigenvalue weighted by atomic mass is 32.1. The molecule has 0 radical (unpaired) electrons. The van der Waals surface area contributed by atoms with Crippen molar-refractivity contribution >= 4 is 34.6 Å². The second-order valence-corrected chi connectivity index (χ2v) is 5.98. The SMILES string of the molecule is COCCN(CC(=O)OC)C(=O)c1csc(-c2ccsc2)n1. The number of rotatable bonds is 7. The molecule has 6 nitrogen and oxygen atoms in total. The Labute approximate surface area is 136 Å². The summed E-state index contributed by atoms with van der Waals surface area (Å²) in [6, 6.07) is 1.95. The predicted octanol–water partition coefficient (Wildman–Crippen LogP) is 2.13. The normalized spacial score (nSPS) is 10.5. The van der Waals surface area contributed by atoms with Crippen molar-refractivity contribution in [2.45, 2.75) is 0 Å². The number of nitrogens with zero attached hydrogens (tertiary/aromatic N) is 2. The van der Waals surface area contributed by atoms with Gasteiger partial charge in [-0.25, -0.2) is 4.98 Å². The smallest absolute Gasteiger partial charge is 0.325 e. The summed E-state index contributed by atoms with van der Waals surface area (Å²) >= 11 is 2.98. The molecule has 2 aromatic rings. The molecule has 0 bridgehead atoms. The van der Waals surface area contributed by atoms with Gasteiger partial charge in [0, 0.05) is 30.0 Å². The highest BCUT2D eigenvalue weighted by Crippen LogP contribution is 2.26. The van der Waals surface area contributed by atoms with Crippen LogP contribution in [0.1, 0.15) is 10.5 Å². The molecule has 0 fully saturated rings. The van der Waals surface area contributed by atoms with Gasteiger partial charge in [-0.1, -0.05) is 0 Å². The van der Waals surface area contributed by atoms with E-state index in [-0.39, 0.29) is 12.5 Å². The van der Waals surface area contributed by atoms with Crippen molar-refractivity contribution in [1.82, 2.24) is 9.88 Å². The lowest BCUT2D eigenvalue weighted by atomic mass is 10.3. The fourth-order valence-corrected chi connectivity index (χ4v) is 3.23. The van der Waals surface area contributed by atoms with Crippen molar-refractivity contribution in [3.63, 3.8) is 0 Å². The Balaban J connectivity index is 2.13. The van der Waals surface area contributed by atoms with Crippen LogP contribution in [0.4, 0.5) is 0 Å². The summed E-state index contributed by atoms with van der Waals surface area (Å²) in [6.07, 6.45) is 0. The minimum Gasteiger partial charge on any atom is -0.468 e. The van der Waals surface area contributed by atoms with E-state index in [0.29, 0.717) is 18.8 Å². The number of ether oxygens (including phenoxy) is 2. The van der Waals surface area contributed by atoms with Gasteiger partial charge in [0.25, 0.3) is 5.91 Å². The van der Waals surface area contributed by atoms with Gasteiger partial charge >= 0.3 is 5.97 Å². The zero-order chi connectivity index (χ0) is 15.9. The quantitative estimate of drug-likeness (QED) is 0.722. The number of carbonyl (C=O) groups excluding carboxylic acids is 2. The molecule has 0 aliphatic carbocycles. The Bertz CT molecular complexity index is 625. The molecule has 8 heteroatoms. The molecular formula is C14H16N2O4S2. The Hall–Kier alpha value is -1.77. The Morgan fingerprint density at radius 1 is 1.32 bits per heavy atom. The maximum atomic E-state index is 12.5. The first-order chi connectivity index (χ1) is 10.7. The van der Waals surface area contributed by atoms with Crippen LogP contribution in [0.3, 0.4) is 0 Å². The van der Waals surface area contributed by atoms with E-state index in [1.165, 1.54) is 30.5 Å². The average Bonchev–Trinajstić information content (AvgIpc) is 3.20. The van der Waals surface area contributed by atoms with E-state index in [1.807, 2.05) is 16.8 Å². The number of methoxy groups -OCH3 is 2. The second-order valence-electron chi connectivity index (χ2n) is 4.35. The van der Waals surface area contributed by atoms with E-state index in [9.17, 15) is 9.59 Å². The van der Waals surface area contributed by atoms with Gasteiger partial charge in [-0.3, -0.25) is 9.59 Å². The number of hydrogen-bond acceptors (Lipinski definition) is 7. The molecule has 0 aromatic carbocycles. The minimum atomic E-state index is -0.474. The molecule has 118 valence electrons. The summed E-state index contributed by atoms with van der Waals surface area (Å²) in [5, 5.41) is 6.42. The summed E-state index contributed by atoms with van der Waals surface area (Å²) in [7, 11) is 2.83. The topological polar surface area (TPSA) is 68.7 Å². The van der Waals surface area contributed by atoms with Crippen LogP contribution in [-0.2, 0) is 14.3 Å². The highest BCUT2D eigenvalue weighted by Gasteiger charge is 2.21. The van der Waals surface area contributed by atoms with Crippen molar-refractivity contribution in [2.75, 3.05) is 33.9 Å². The number of thiophene rings is 1. The van der Waals surface area contributed by atoms with Crippen LogP contribution in [0.5, 0.6) is 0 Å². The summed E-state index contributed by atoms with van der Waals surface area (Å²) < 4.78 is 9.60. The van der Waals surface area contributed by atoms with Crippen LogP contribution in [0.2, 0.25) is 0 Å². The van der Waals surface area contributed by atoms with Gasteiger partial charge in [-0.05, 0) is 11.4 Å². The van der Waals surface area contributed by atoms with E-state index < -0.39 is 5.97 Å². The first-order valence-electron chi connectivity index (χ1n) is 6.48. The Morgan fingerprint density at radius 3 is 2.77 bits per heavy atom. The van der Waals surface area contributed by atoms with Gasteiger partial charge in [0.1, 0.15) is 17.2 Å². The maximum absolute atomic E-state index is 12.5. The lowest BCUT2D eigenvalue weighted by Gasteiger charge is -2.19. The number of hydrogen-bond donors (Lipinski definition) is 0. The van der Waals surface area contributed by atoms with Crippen LogP contribution >= 0.6 is 22.7 Å². The molecule has 2 aromatic heterocycles. The zero-order valence-corrected chi connectivity index (χ0v) is 13.9. The molecule has 0 N–H and O–H groups in total. The first kappa shape index (κ1) is 16.6. The molecule has 2 rings (SSSR count). The van der Waals surface area contributed by atoms with Crippen molar-refractivity contribution in [3.05, 3.63) is 27.9 Å². The molecule has 22 heavy (non-hydrogen) atoms. The zero-order valence-electron chi connectivity index (χ0n) is 12.3. The van der Waals surface area contributed by atoms with Crippen molar-refractivity contribution in [2.24, 2.45) is 0 Å². The minimum absolute atomic E-state index is 0.121. The monoisotopic (exact) mass is 340 g/mol. The van der Waals surface area contributed by atoms with Gasteiger partial charge in [-0.15, -0.1) is 11.3 Å².